The van der Waals surface area contributed by atoms with Gasteiger partial charge in [0.05, 0.1) is 0 Å². The molecule has 1 aromatic heterocycles. The van der Waals surface area contributed by atoms with E-state index in [9.17, 15) is 13.2 Å². The molecule has 0 unspecified atom stereocenters. The maximum atomic E-state index is 12.8. The van der Waals surface area contributed by atoms with Crippen molar-refractivity contribution in [2.75, 3.05) is 6.54 Å². The maximum absolute atomic E-state index is 12.8. The average molecular weight is 247 g/mol. The highest BCUT2D eigenvalue weighted by atomic mass is 19.4. The average Bonchev–Trinajstić information content (AvgIpc) is 2.28. The fourth-order valence-corrected chi connectivity index (χ4v) is 1.39. The van der Waals surface area contributed by atoms with Crippen molar-refractivity contribution in [3.63, 3.8) is 0 Å². The minimum absolute atomic E-state index is 0.100. The zero-order valence-corrected chi connectivity index (χ0v) is 9.93. The molecule has 1 rings (SSSR count). The third kappa shape index (κ3) is 3.96. The third-order valence-corrected chi connectivity index (χ3v) is 2.24. The molecule has 0 atom stereocenters. The lowest BCUT2D eigenvalue weighted by atomic mass is 10.2. The molecule has 1 aromatic rings. The quantitative estimate of drug-likeness (QED) is 0.812. The number of hydrogen-bond donors (Lipinski definition) is 1. The van der Waals surface area contributed by atoms with Crippen molar-refractivity contribution in [3.05, 3.63) is 23.3 Å². The van der Waals surface area contributed by atoms with Crippen LogP contribution < -0.4 is 5.32 Å². The van der Waals surface area contributed by atoms with E-state index in [-0.39, 0.29) is 17.9 Å². The molecular formula is C11H16F3N3. The molecular weight excluding hydrogens is 231 g/mol. The monoisotopic (exact) mass is 247 g/mol. The number of rotatable bonds is 5. The van der Waals surface area contributed by atoms with E-state index >= 15 is 0 Å². The van der Waals surface area contributed by atoms with Gasteiger partial charge in [0.1, 0.15) is 5.82 Å². The van der Waals surface area contributed by atoms with E-state index in [0.717, 1.165) is 6.42 Å². The Kier molecular flexibility index (Phi) is 4.86. The smallest absolute Gasteiger partial charge is 0.313 e. The predicted octanol–water partition coefficient (Wildman–Crippen LogP) is 2.56. The number of alkyl halides is 3. The summed E-state index contributed by atoms with van der Waals surface area (Å²) < 4.78 is 38.3. The lowest BCUT2D eigenvalue weighted by Crippen LogP contribution is -2.20. The van der Waals surface area contributed by atoms with Crippen molar-refractivity contribution in [1.29, 1.82) is 0 Å². The van der Waals surface area contributed by atoms with Gasteiger partial charge in [-0.3, -0.25) is 0 Å². The van der Waals surface area contributed by atoms with Crippen LogP contribution >= 0.6 is 0 Å². The second kappa shape index (κ2) is 5.95. The van der Waals surface area contributed by atoms with Gasteiger partial charge in [-0.05, 0) is 13.0 Å². The zero-order valence-electron chi connectivity index (χ0n) is 9.93. The Morgan fingerprint density at radius 1 is 1.29 bits per heavy atom. The summed E-state index contributed by atoms with van der Waals surface area (Å²) in [5.41, 5.74) is -0.726. The number of hydrogen-bond acceptors (Lipinski definition) is 3. The van der Waals surface area contributed by atoms with E-state index in [1.165, 1.54) is 6.20 Å². The molecule has 0 fully saturated rings. The normalized spacial score (nSPS) is 11.8. The molecule has 0 aliphatic carbocycles. The van der Waals surface area contributed by atoms with E-state index < -0.39 is 11.9 Å². The van der Waals surface area contributed by atoms with E-state index in [1.54, 1.807) is 6.92 Å². The summed E-state index contributed by atoms with van der Waals surface area (Å²) in [5.74, 6) is 0.219. The number of aryl methyl sites for hydroxylation is 1. The Balaban J connectivity index is 2.95. The van der Waals surface area contributed by atoms with Crippen LogP contribution in [0.4, 0.5) is 13.2 Å². The van der Waals surface area contributed by atoms with Crippen molar-refractivity contribution in [3.8, 4) is 0 Å². The fourth-order valence-electron chi connectivity index (χ4n) is 1.39. The molecule has 1 N–H and O–H groups in total. The standard InChI is InChI=1S/C11H16F3N3/c1-3-5-15-6-8-7-16-9(4-2)17-10(8)11(12,13)14/h7,15H,3-6H2,1-2H3. The van der Waals surface area contributed by atoms with Gasteiger partial charge in [-0.2, -0.15) is 13.2 Å². The van der Waals surface area contributed by atoms with Crippen LogP contribution in [0.15, 0.2) is 6.20 Å². The van der Waals surface area contributed by atoms with Gasteiger partial charge in [0.25, 0.3) is 0 Å². The van der Waals surface area contributed by atoms with Crippen LogP contribution in [0.1, 0.15) is 37.4 Å². The first-order valence-corrected chi connectivity index (χ1v) is 5.61. The molecule has 0 spiro atoms. The van der Waals surface area contributed by atoms with Gasteiger partial charge in [-0.25, -0.2) is 9.97 Å². The molecule has 0 bridgehead atoms. The Bertz CT molecular complexity index is 363. The minimum atomic E-state index is -4.42. The van der Waals surface area contributed by atoms with E-state index in [2.05, 4.69) is 15.3 Å². The molecule has 0 radical (unpaired) electrons. The summed E-state index contributed by atoms with van der Waals surface area (Å²) in [7, 11) is 0. The summed E-state index contributed by atoms with van der Waals surface area (Å²) in [4.78, 5) is 7.46. The maximum Gasteiger partial charge on any atom is 0.433 e. The van der Waals surface area contributed by atoms with Crippen LogP contribution in [0, 0.1) is 0 Å². The minimum Gasteiger partial charge on any atom is -0.313 e. The summed E-state index contributed by atoms with van der Waals surface area (Å²) in [6, 6.07) is 0. The van der Waals surface area contributed by atoms with E-state index in [4.69, 9.17) is 0 Å². The molecule has 0 aromatic carbocycles. The van der Waals surface area contributed by atoms with Crippen LogP contribution in [-0.2, 0) is 19.1 Å². The molecule has 3 nitrogen and oxygen atoms in total. The third-order valence-electron chi connectivity index (χ3n) is 2.24. The molecule has 0 saturated heterocycles. The Hall–Kier alpha value is -1.17. The SMILES string of the molecule is CCCNCc1cnc(CC)nc1C(F)(F)F. The van der Waals surface area contributed by atoms with Crippen LogP contribution in [-0.4, -0.2) is 16.5 Å². The van der Waals surface area contributed by atoms with Gasteiger partial charge >= 0.3 is 6.18 Å². The number of nitrogens with one attached hydrogen (secondary N) is 1. The first-order chi connectivity index (χ1) is 7.99. The second-order valence-corrected chi connectivity index (χ2v) is 3.69. The zero-order chi connectivity index (χ0) is 12.9. The highest BCUT2D eigenvalue weighted by Crippen LogP contribution is 2.30. The van der Waals surface area contributed by atoms with Crippen LogP contribution in [0.3, 0.4) is 0 Å². The number of aromatic nitrogens is 2. The molecule has 0 amide bonds. The first-order valence-electron chi connectivity index (χ1n) is 5.61. The summed E-state index contributed by atoms with van der Waals surface area (Å²) >= 11 is 0. The number of nitrogens with zero attached hydrogens (tertiary/aromatic N) is 2. The van der Waals surface area contributed by atoms with Gasteiger partial charge in [-0.1, -0.05) is 13.8 Å². The first kappa shape index (κ1) is 13.9. The number of halogens is 3. The van der Waals surface area contributed by atoms with E-state index in [1.807, 2.05) is 6.92 Å². The van der Waals surface area contributed by atoms with Gasteiger partial charge < -0.3 is 5.32 Å². The molecule has 0 saturated carbocycles. The van der Waals surface area contributed by atoms with Gasteiger partial charge in [0.15, 0.2) is 5.69 Å². The topological polar surface area (TPSA) is 37.8 Å². The van der Waals surface area contributed by atoms with Crippen molar-refractivity contribution in [1.82, 2.24) is 15.3 Å². The largest absolute Gasteiger partial charge is 0.433 e. The van der Waals surface area contributed by atoms with Gasteiger partial charge in [-0.15, -0.1) is 0 Å². The highest BCUT2D eigenvalue weighted by Gasteiger charge is 2.35. The summed E-state index contributed by atoms with van der Waals surface area (Å²) in [6.45, 7) is 4.50. The molecule has 1 heterocycles. The summed E-state index contributed by atoms with van der Waals surface area (Å²) in [6.07, 6.45) is -1.89. The highest BCUT2D eigenvalue weighted by molar-refractivity contribution is 5.20. The van der Waals surface area contributed by atoms with Gasteiger partial charge in [0, 0.05) is 24.7 Å². The van der Waals surface area contributed by atoms with Crippen LogP contribution in [0.2, 0.25) is 0 Å². The van der Waals surface area contributed by atoms with Crippen molar-refractivity contribution >= 4 is 0 Å². The Morgan fingerprint density at radius 2 is 2.00 bits per heavy atom. The lowest BCUT2D eigenvalue weighted by Gasteiger charge is -2.12. The summed E-state index contributed by atoms with van der Waals surface area (Å²) in [5, 5.41) is 2.92. The molecule has 17 heavy (non-hydrogen) atoms. The van der Waals surface area contributed by atoms with Gasteiger partial charge in [0.2, 0.25) is 0 Å². The molecule has 96 valence electrons. The molecule has 0 aliphatic heterocycles. The van der Waals surface area contributed by atoms with Crippen molar-refractivity contribution < 1.29 is 13.2 Å². The van der Waals surface area contributed by atoms with Crippen LogP contribution in [0.25, 0.3) is 0 Å². The van der Waals surface area contributed by atoms with Crippen molar-refractivity contribution in [2.45, 2.75) is 39.4 Å². The Morgan fingerprint density at radius 3 is 2.53 bits per heavy atom. The fraction of sp³-hybridized carbons (Fsp3) is 0.636. The predicted molar refractivity (Wildman–Crippen MR) is 58.4 cm³/mol. The molecule has 6 heteroatoms. The van der Waals surface area contributed by atoms with Crippen LogP contribution in [0.5, 0.6) is 0 Å². The Labute approximate surface area is 98.5 Å². The lowest BCUT2D eigenvalue weighted by molar-refractivity contribution is -0.142. The van der Waals surface area contributed by atoms with E-state index in [0.29, 0.717) is 13.0 Å². The molecule has 0 aliphatic rings. The van der Waals surface area contributed by atoms with Crippen molar-refractivity contribution in [2.24, 2.45) is 0 Å². The second-order valence-electron chi connectivity index (χ2n) is 3.69.